The number of hydrogen-bond donors (Lipinski definition) is 0. The minimum absolute atomic E-state index is 0.139. The molecule has 0 aromatic rings. The largest absolute Gasteiger partial charge is 0.299 e. The van der Waals surface area contributed by atoms with Gasteiger partial charge in [-0.05, 0) is 31.6 Å². The van der Waals surface area contributed by atoms with Gasteiger partial charge in [0.2, 0.25) is 0 Å². The van der Waals surface area contributed by atoms with Crippen molar-refractivity contribution in [3.05, 3.63) is 0 Å². The summed E-state index contributed by atoms with van der Waals surface area (Å²) in [6.45, 7) is 3.86. The topological polar surface area (TPSA) is 17.1 Å². The van der Waals surface area contributed by atoms with Gasteiger partial charge in [-0.15, -0.1) is 0 Å². The lowest BCUT2D eigenvalue weighted by molar-refractivity contribution is -0.122. The Bertz CT molecular complexity index is 161. The van der Waals surface area contributed by atoms with E-state index >= 15 is 0 Å². The van der Waals surface area contributed by atoms with E-state index in [1.165, 1.54) is 12.8 Å². The zero-order chi connectivity index (χ0) is 6.65. The van der Waals surface area contributed by atoms with E-state index in [1.807, 2.05) is 0 Å². The highest BCUT2D eigenvalue weighted by molar-refractivity contribution is 5.86. The lowest BCUT2D eigenvalue weighted by Crippen LogP contribution is -2.08. The van der Waals surface area contributed by atoms with Gasteiger partial charge in [0.25, 0.3) is 0 Å². The van der Waals surface area contributed by atoms with Crippen molar-refractivity contribution >= 4 is 5.78 Å². The van der Waals surface area contributed by atoms with Gasteiger partial charge in [0.1, 0.15) is 5.78 Å². The maximum Gasteiger partial charge on any atom is 0.136 e. The van der Waals surface area contributed by atoms with Crippen LogP contribution in [0, 0.1) is 17.3 Å². The van der Waals surface area contributed by atoms with Crippen molar-refractivity contribution < 1.29 is 4.79 Å². The molecule has 0 saturated heterocycles. The van der Waals surface area contributed by atoms with Gasteiger partial charge in [0, 0.05) is 5.41 Å². The first-order chi connectivity index (χ1) is 4.17. The van der Waals surface area contributed by atoms with E-state index in [-0.39, 0.29) is 5.41 Å². The number of Topliss-reactive ketones (excluding diaryl/α,β-unsaturated/α-hetero) is 1. The van der Waals surface area contributed by atoms with Crippen molar-refractivity contribution in [2.24, 2.45) is 17.3 Å². The van der Waals surface area contributed by atoms with Crippen molar-refractivity contribution in [2.75, 3.05) is 0 Å². The number of hydrogen-bond acceptors (Lipinski definition) is 1. The van der Waals surface area contributed by atoms with E-state index < -0.39 is 0 Å². The molecule has 1 heteroatoms. The Morgan fingerprint density at radius 1 is 1.44 bits per heavy atom. The Hall–Kier alpha value is -0.330. The summed E-state index contributed by atoms with van der Waals surface area (Å²) in [6, 6.07) is 0. The quantitative estimate of drug-likeness (QED) is 0.519. The highest BCUT2D eigenvalue weighted by Crippen LogP contribution is 2.70. The minimum atomic E-state index is 0.139. The zero-order valence-corrected chi connectivity index (χ0v) is 5.98. The summed E-state index contributed by atoms with van der Waals surface area (Å²) < 4.78 is 0. The van der Waals surface area contributed by atoms with E-state index in [2.05, 4.69) is 6.92 Å². The van der Waals surface area contributed by atoms with Crippen molar-refractivity contribution in [3.8, 4) is 0 Å². The molecule has 2 fully saturated rings. The molecule has 2 aliphatic rings. The Morgan fingerprint density at radius 3 is 2.00 bits per heavy atom. The molecular formula is C8H12O. The second-order valence-corrected chi connectivity index (χ2v) is 3.63. The van der Waals surface area contributed by atoms with Gasteiger partial charge in [-0.1, -0.05) is 6.92 Å². The summed E-state index contributed by atoms with van der Waals surface area (Å²) in [5, 5.41) is 0. The predicted octanol–water partition coefficient (Wildman–Crippen LogP) is 1.62. The van der Waals surface area contributed by atoms with Crippen LogP contribution in [0.15, 0.2) is 0 Å². The minimum Gasteiger partial charge on any atom is -0.299 e. The maximum absolute atomic E-state index is 11.0. The second kappa shape index (κ2) is 1.23. The van der Waals surface area contributed by atoms with Crippen LogP contribution in [0.4, 0.5) is 0 Å². The first kappa shape index (κ1) is 5.45. The van der Waals surface area contributed by atoms with Crippen LogP contribution in [0.25, 0.3) is 0 Å². The number of carbonyl (C=O) groups is 1. The van der Waals surface area contributed by atoms with E-state index in [9.17, 15) is 4.79 Å². The Morgan fingerprint density at radius 2 is 1.89 bits per heavy atom. The number of carbonyl (C=O) groups excluding carboxylic acids is 1. The monoisotopic (exact) mass is 124 g/mol. The van der Waals surface area contributed by atoms with Crippen molar-refractivity contribution in [1.82, 2.24) is 0 Å². The van der Waals surface area contributed by atoms with Gasteiger partial charge >= 0.3 is 0 Å². The van der Waals surface area contributed by atoms with Crippen LogP contribution in [-0.4, -0.2) is 5.78 Å². The smallest absolute Gasteiger partial charge is 0.136 e. The molecule has 2 atom stereocenters. The molecular weight excluding hydrogens is 112 g/mol. The lowest BCUT2D eigenvalue weighted by atomic mass is 10.0. The Labute approximate surface area is 55.4 Å². The van der Waals surface area contributed by atoms with Crippen LogP contribution in [0.3, 0.4) is 0 Å². The first-order valence-corrected chi connectivity index (χ1v) is 3.68. The molecule has 0 amide bonds. The summed E-state index contributed by atoms with van der Waals surface area (Å²) in [7, 11) is 0. The number of fused-ring (bicyclic) bond motifs is 1. The fraction of sp³-hybridized carbons (Fsp3) is 0.875. The van der Waals surface area contributed by atoms with Crippen molar-refractivity contribution in [2.45, 2.75) is 26.7 Å². The zero-order valence-electron chi connectivity index (χ0n) is 5.98. The van der Waals surface area contributed by atoms with E-state index in [0.29, 0.717) is 5.78 Å². The maximum atomic E-state index is 11.0. The molecule has 2 saturated carbocycles. The van der Waals surface area contributed by atoms with Gasteiger partial charge in [0.15, 0.2) is 0 Å². The van der Waals surface area contributed by atoms with Crippen LogP contribution in [0.5, 0.6) is 0 Å². The molecule has 1 nitrogen and oxygen atoms in total. The highest BCUT2D eigenvalue weighted by atomic mass is 16.1. The van der Waals surface area contributed by atoms with Crippen LogP contribution >= 0.6 is 0 Å². The molecule has 2 unspecified atom stereocenters. The molecule has 2 aliphatic carbocycles. The average molecular weight is 124 g/mol. The summed E-state index contributed by atoms with van der Waals surface area (Å²) >= 11 is 0. The van der Waals surface area contributed by atoms with Gasteiger partial charge in [0.05, 0.1) is 0 Å². The average Bonchev–Trinajstić information content (AvgIpc) is 1.99. The summed E-state index contributed by atoms with van der Waals surface area (Å²) in [6.07, 6.45) is 2.61. The SMILES string of the molecule is CC(=O)C1(C)C2CCC21. The van der Waals surface area contributed by atoms with E-state index in [1.54, 1.807) is 6.92 Å². The van der Waals surface area contributed by atoms with E-state index in [4.69, 9.17) is 0 Å². The van der Waals surface area contributed by atoms with Crippen molar-refractivity contribution in [1.29, 1.82) is 0 Å². The fourth-order valence-electron chi connectivity index (χ4n) is 2.32. The summed E-state index contributed by atoms with van der Waals surface area (Å²) in [4.78, 5) is 11.0. The van der Waals surface area contributed by atoms with Gasteiger partial charge in [-0.25, -0.2) is 0 Å². The first-order valence-electron chi connectivity index (χ1n) is 3.68. The molecule has 0 aliphatic heterocycles. The molecule has 0 radical (unpaired) electrons. The second-order valence-electron chi connectivity index (χ2n) is 3.63. The van der Waals surface area contributed by atoms with Crippen LogP contribution in [0.2, 0.25) is 0 Å². The third-order valence-corrected chi connectivity index (χ3v) is 3.46. The number of rotatable bonds is 1. The molecule has 0 bridgehead atoms. The molecule has 0 N–H and O–H groups in total. The highest BCUT2D eigenvalue weighted by Gasteiger charge is 2.68. The third kappa shape index (κ3) is 0.405. The van der Waals surface area contributed by atoms with Gasteiger partial charge < -0.3 is 0 Å². The lowest BCUT2D eigenvalue weighted by Gasteiger charge is -2.04. The molecule has 0 aromatic heterocycles. The molecule has 2 rings (SSSR count). The molecule has 9 heavy (non-hydrogen) atoms. The van der Waals surface area contributed by atoms with Crippen LogP contribution in [-0.2, 0) is 4.79 Å². The molecule has 0 aromatic carbocycles. The number of ketones is 1. The standard InChI is InChI=1S/C8H12O/c1-5(9)8(2)6-3-4-7(6)8/h6-7H,3-4H2,1-2H3. The summed E-state index contributed by atoms with van der Waals surface area (Å²) in [5.74, 6) is 1.99. The normalized spacial score (nSPS) is 53.6. The third-order valence-electron chi connectivity index (χ3n) is 3.46. The Balaban J connectivity index is 2.20. The predicted molar refractivity (Wildman–Crippen MR) is 35.0 cm³/mol. The van der Waals surface area contributed by atoms with E-state index in [0.717, 1.165) is 11.8 Å². The molecule has 50 valence electrons. The summed E-state index contributed by atoms with van der Waals surface area (Å²) in [5.41, 5.74) is 0.139. The van der Waals surface area contributed by atoms with Crippen LogP contribution < -0.4 is 0 Å². The van der Waals surface area contributed by atoms with Gasteiger partial charge in [-0.3, -0.25) is 4.79 Å². The van der Waals surface area contributed by atoms with Crippen LogP contribution in [0.1, 0.15) is 26.7 Å². The van der Waals surface area contributed by atoms with Gasteiger partial charge in [-0.2, -0.15) is 0 Å². The fourth-order valence-corrected chi connectivity index (χ4v) is 2.32. The van der Waals surface area contributed by atoms with Crippen molar-refractivity contribution in [3.63, 3.8) is 0 Å². The molecule has 0 spiro atoms. The Kier molecular flexibility index (Phi) is 0.744. The molecule has 0 heterocycles.